The standard InChI is InChI=1S/C16H24N2O2/c1-18(2)16(19)4-3-11-20-15-9-5-13(6-10-15)12-17-14-7-8-14/h5-6,9-10,14,17H,3-4,7-8,11-12H2,1-2H3. The van der Waals surface area contributed by atoms with Crippen molar-refractivity contribution in [3.63, 3.8) is 0 Å². The van der Waals surface area contributed by atoms with Crippen LogP contribution in [-0.4, -0.2) is 37.6 Å². The minimum Gasteiger partial charge on any atom is -0.494 e. The fourth-order valence-corrected chi connectivity index (χ4v) is 1.89. The van der Waals surface area contributed by atoms with Crippen LogP contribution in [0.15, 0.2) is 24.3 Å². The van der Waals surface area contributed by atoms with Crippen LogP contribution in [-0.2, 0) is 11.3 Å². The summed E-state index contributed by atoms with van der Waals surface area (Å²) >= 11 is 0. The van der Waals surface area contributed by atoms with Crippen LogP contribution >= 0.6 is 0 Å². The maximum atomic E-state index is 11.4. The molecule has 0 heterocycles. The molecule has 0 aliphatic heterocycles. The highest BCUT2D eigenvalue weighted by Gasteiger charge is 2.19. The van der Waals surface area contributed by atoms with Gasteiger partial charge in [-0.05, 0) is 37.0 Å². The molecular weight excluding hydrogens is 252 g/mol. The van der Waals surface area contributed by atoms with Crippen molar-refractivity contribution in [1.82, 2.24) is 10.2 Å². The third kappa shape index (κ3) is 5.21. The lowest BCUT2D eigenvalue weighted by atomic mass is 10.2. The zero-order valence-corrected chi connectivity index (χ0v) is 12.4. The first-order valence-electron chi connectivity index (χ1n) is 7.30. The van der Waals surface area contributed by atoms with Crippen molar-refractivity contribution in [3.05, 3.63) is 29.8 Å². The first-order chi connectivity index (χ1) is 9.65. The number of carbonyl (C=O) groups is 1. The highest BCUT2D eigenvalue weighted by atomic mass is 16.5. The van der Waals surface area contributed by atoms with E-state index in [1.807, 2.05) is 12.1 Å². The highest BCUT2D eigenvalue weighted by molar-refractivity contribution is 5.75. The van der Waals surface area contributed by atoms with Gasteiger partial charge in [0.2, 0.25) is 5.91 Å². The van der Waals surface area contributed by atoms with Crippen molar-refractivity contribution in [3.8, 4) is 5.75 Å². The van der Waals surface area contributed by atoms with Crippen LogP contribution in [0.5, 0.6) is 5.75 Å². The highest BCUT2D eigenvalue weighted by Crippen LogP contribution is 2.20. The first kappa shape index (κ1) is 14.9. The van der Waals surface area contributed by atoms with E-state index in [9.17, 15) is 4.79 Å². The average Bonchev–Trinajstić information content (AvgIpc) is 3.26. The number of hydrogen-bond acceptors (Lipinski definition) is 3. The molecule has 0 unspecified atom stereocenters. The SMILES string of the molecule is CN(C)C(=O)CCCOc1ccc(CNC2CC2)cc1. The lowest BCUT2D eigenvalue weighted by Crippen LogP contribution is -2.21. The van der Waals surface area contributed by atoms with Crippen molar-refractivity contribution in [2.24, 2.45) is 0 Å². The molecule has 2 rings (SSSR count). The van der Waals surface area contributed by atoms with Crippen molar-refractivity contribution >= 4 is 5.91 Å². The second kappa shape index (κ2) is 7.29. The number of rotatable bonds is 8. The van der Waals surface area contributed by atoms with Crippen LogP contribution in [0.4, 0.5) is 0 Å². The number of amides is 1. The zero-order chi connectivity index (χ0) is 14.4. The normalized spacial score (nSPS) is 14.1. The van der Waals surface area contributed by atoms with Crippen LogP contribution in [0.2, 0.25) is 0 Å². The molecule has 1 N–H and O–H groups in total. The molecule has 110 valence electrons. The van der Waals surface area contributed by atoms with Crippen molar-refractivity contribution in [2.75, 3.05) is 20.7 Å². The summed E-state index contributed by atoms with van der Waals surface area (Å²) in [5.74, 6) is 1.02. The van der Waals surface area contributed by atoms with Gasteiger partial charge in [-0.2, -0.15) is 0 Å². The molecule has 1 amide bonds. The van der Waals surface area contributed by atoms with E-state index in [2.05, 4.69) is 17.4 Å². The summed E-state index contributed by atoms with van der Waals surface area (Å²) < 4.78 is 5.64. The summed E-state index contributed by atoms with van der Waals surface area (Å²) in [5.41, 5.74) is 1.28. The van der Waals surface area contributed by atoms with Crippen molar-refractivity contribution in [2.45, 2.75) is 38.3 Å². The van der Waals surface area contributed by atoms with Crippen LogP contribution < -0.4 is 10.1 Å². The quantitative estimate of drug-likeness (QED) is 0.740. The van der Waals surface area contributed by atoms with Gasteiger partial charge in [0.15, 0.2) is 0 Å². The van der Waals surface area contributed by atoms with Crippen LogP contribution in [0, 0.1) is 0 Å². The Morgan fingerprint density at radius 1 is 1.30 bits per heavy atom. The molecule has 1 aromatic rings. The van der Waals surface area contributed by atoms with Crippen molar-refractivity contribution in [1.29, 1.82) is 0 Å². The Labute approximate surface area is 121 Å². The van der Waals surface area contributed by atoms with Gasteiger partial charge in [0, 0.05) is 33.1 Å². The molecule has 1 fully saturated rings. The lowest BCUT2D eigenvalue weighted by molar-refractivity contribution is -0.128. The number of carbonyl (C=O) groups excluding carboxylic acids is 1. The molecule has 1 aliphatic carbocycles. The largest absolute Gasteiger partial charge is 0.494 e. The van der Waals surface area contributed by atoms with Gasteiger partial charge >= 0.3 is 0 Å². The third-order valence-corrected chi connectivity index (χ3v) is 3.40. The Hall–Kier alpha value is -1.55. The third-order valence-electron chi connectivity index (χ3n) is 3.40. The van der Waals surface area contributed by atoms with Gasteiger partial charge in [0.05, 0.1) is 6.61 Å². The van der Waals surface area contributed by atoms with Gasteiger partial charge < -0.3 is 15.0 Å². The predicted molar refractivity (Wildman–Crippen MR) is 79.7 cm³/mol. The minimum absolute atomic E-state index is 0.148. The van der Waals surface area contributed by atoms with Crippen LogP contribution in [0.1, 0.15) is 31.2 Å². The molecule has 0 bridgehead atoms. The van der Waals surface area contributed by atoms with Gasteiger partial charge in [-0.25, -0.2) is 0 Å². The molecule has 0 saturated heterocycles. The minimum atomic E-state index is 0.148. The maximum absolute atomic E-state index is 11.4. The van der Waals surface area contributed by atoms with E-state index in [0.717, 1.165) is 24.8 Å². The van der Waals surface area contributed by atoms with E-state index < -0.39 is 0 Å². The van der Waals surface area contributed by atoms with Gasteiger partial charge in [0.1, 0.15) is 5.75 Å². The molecule has 0 aromatic heterocycles. The topological polar surface area (TPSA) is 41.6 Å². The number of hydrogen-bond donors (Lipinski definition) is 1. The molecule has 20 heavy (non-hydrogen) atoms. The molecule has 4 heteroatoms. The summed E-state index contributed by atoms with van der Waals surface area (Å²) in [6.45, 7) is 1.52. The summed E-state index contributed by atoms with van der Waals surface area (Å²) in [4.78, 5) is 13.0. The number of ether oxygens (including phenoxy) is 1. The van der Waals surface area contributed by atoms with E-state index in [4.69, 9.17) is 4.74 Å². The second-order valence-electron chi connectivity index (χ2n) is 5.54. The molecule has 0 atom stereocenters. The lowest BCUT2D eigenvalue weighted by Gasteiger charge is -2.10. The summed E-state index contributed by atoms with van der Waals surface area (Å²) in [7, 11) is 3.55. The van der Waals surface area contributed by atoms with Gasteiger partial charge in [-0.1, -0.05) is 12.1 Å². The average molecular weight is 276 g/mol. The van der Waals surface area contributed by atoms with E-state index >= 15 is 0 Å². The number of benzene rings is 1. The van der Waals surface area contributed by atoms with E-state index in [-0.39, 0.29) is 5.91 Å². The Morgan fingerprint density at radius 3 is 2.60 bits per heavy atom. The Morgan fingerprint density at radius 2 is 2.00 bits per heavy atom. The summed E-state index contributed by atoms with van der Waals surface area (Å²) in [6, 6.07) is 8.92. The Kier molecular flexibility index (Phi) is 5.41. The molecule has 1 aromatic carbocycles. The van der Waals surface area contributed by atoms with Gasteiger partial charge in [-0.15, -0.1) is 0 Å². The molecule has 4 nitrogen and oxygen atoms in total. The van der Waals surface area contributed by atoms with E-state index in [0.29, 0.717) is 13.0 Å². The molecule has 0 spiro atoms. The van der Waals surface area contributed by atoms with Crippen LogP contribution in [0.25, 0.3) is 0 Å². The fourth-order valence-electron chi connectivity index (χ4n) is 1.89. The maximum Gasteiger partial charge on any atom is 0.222 e. The molecule has 1 saturated carbocycles. The smallest absolute Gasteiger partial charge is 0.222 e. The van der Waals surface area contributed by atoms with E-state index in [1.165, 1.54) is 18.4 Å². The Bertz CT molecular complexity index is 425. The predicted octanol–water partition coefficient (Wildman–Crippen LogP) is 2.19. The fraction of sp³-hybridized carbons (Fsp3) is 0.562. The monoisotopic (exact) mass is 276 g/mol. The number of nitrogens with one attached hydrogen (secondary N) is 1. The summed E-state index contributed by atoms with van der Waals surface area (Å²) in [5, 5.41) is 3.48. The Balaban J connectivity index is 1.64. The number of nitrogens with zero attached hydrogens (tertiary/aromatic N) is 1. The summed E-state index contributed by atoms with van der Waals surface area (Å²) in [6.07, 6.45) is 3.91. The van der Waals surface area contributed by atoms with Gasteiger partial charge in [0.25, 0.3) is 0 Å². The molecule has 0 radical (unpaired) electrons. The zero-order valence-electron chi connectivity index (χ0n) is 12.4. The van der Waals surface area contributed by atoms with Crippen LogP contribution in [0.3, 0.4) is 0 Å². The van der Waals surface area contributed by atoms with Gasteiger partial charge in [-0.3, -0.25) is 4.79 Å². The van der Waals surface area contributed by atoms with Crippen molar-refractivity contribution < 1.29 is 9.53 Å². The first-order valence-corrected chi connectivity index (χ1v) is 7.30. The molecular formula is C16H24N2O2. The molecule has 1 aliphatic rings. The second-order valence-corrected chi connectivity index (χ2v) is 5.54. The van der Waals surface area contributed by atoms with E-state index in [1.54, 1.807) is 19.0 Å².